The number of hydroxylamine groups is 2. The van der Waals surface area contributed by atoms with Gasteiger partial charge in [0.1, 0.15) is 5.82 Å². The molecule has 2 aromatic carbocycles. The molecule has 0 N–H and O–H groups in total. The van der Waals surface area contributed by atoms with Crippen molar-refractivity contribution in [1.29, 1.82) is 0 Å². The van der Waals surface area contributed by atoms with Crippen LogP contribution in [0.25, 0.3) is 0 Å². The zero-order valence-corrected chi connectivity index (χ0v) is 17.4. The van der Waals surface area contributed by atoms with Crippen LogP contribution >= 0.6 is 12.4 Å². The van der Waals surface area contributed by atoms with E-state index in [-0.39, 0.29) is 24.1 Å². The van der Waals surface area contributed by atoms with Gasteiger partial charge in [0.05, 0.1) is 7.11 Å². The van der Waals surface area contributed by atoms with Gasteiger partial charge in [0, 0.05) is 19.0 Å². The van der Waals surface area contributed by atoms with E-state index >= 15 is 0 Å². The normalized spacial score (nSPS) is 15.3. The first-order valence-corrected chi connectivity index (χ1v) is 9.67. The second-order valence-corrected chi connectivity index (χ2v) is 7.62. The van der Waals surface area contributed by atoms with Crippen LogP contribution in [0.1, 0.15) is 47.4 Å². The van der Waals surface area contributed by atoms with Gasteiger partial charge in [-0.1, -0.05) is 42.8 Å². The summed E-state index contributed by atoms with van der Waals surface area (Å²) < 4.78 is 14.3. The summed E-state index contributed by atoms with van der Waals surface area (Å²) in [7, 11) is 1.75. The van der Waals surface area contributed by atoms with E-state index in [1.165, 1.54) is 36.0 Å². The first-order valence-electron chi connectivity index (χ1n) is 9.67. The van der Waals surface area contributed by atoms with Crippen LogP contribution < -0.4 is 0 Å². The summed E-state index contributed by atoms with van der Waals surface area (Å²) in [5.74, 6) is 0.821. The van der Waals surface area contributed by atoms with Crippen LogP contribution in [0.4, 0.5) is 4.39 Å². The highest BCUT2D eigenvalue weighted by Crippen LogP contribution is 2.31. The first-order chi connectivity index (χ1) is 12.6. The van der Waals surface area contributed by atoms with E-state index in [4.69, 9.17) is 4.84 Å². The number of rotatable bonds is 8. The summed E-state index contributed by atoms with van der Waals surface area (Å²) >= 11 is 0. The molecule has 0 radical (unpaired) electrons. The molecular formula is C23H31ClFNO. The largest absolute Gasteiger partial charge is 0.302 e. The molecule has 1 aliphatic rings. The van der Waals surface area contributed by atoms with E-state index in [1.54, 1.807) is 19.2 Å². The van der Waals surface area contributed by atoms with Crippen LogP contribution in [-0.4, -0.2) is 25.3 Å². The average molecular weight is 392 g/mol. The predicted molar refractivity (Wildman–Crippen MR) is 112 cm³/mol. The molecule has 0 saturated heterocycles. The molecule has 3 rings (SSSR count). The minimum atomic E-state index is -0.119. The van der Waals surface area contributed by atoms with E-state index in [9.17, 15) is 4.39 Å². The van der Waals surface area contributed by atoms with Gasteiger partial charge in [-0.15, -0.1) is 12.4 Å². The van der Waals surface area contributed by atoms with Gasteiger partial charge in [-0.2, -0.15) is 5.06 Å². The fourth-order valence-corrected chi connectivity index (χ4v) is 4.09. The maximum atomic E-state index is 14.3. The van der Waals surface area contributed by atoms with E-state index in [1.807, 2.05) is 12.1 Å². The molecule has 1 fully saturated rings. The lowest BCUT2D eigenvalue weighted by Gasteiger charge is -2.33. The highest BCUT2D eigenvalue weighted by molar-refractivity contribution is 5.85. The molecule has 27 heavy (non-hydrogen) atoms. The maximum Gasteiger partial charge on any atom is 0.126 e. The van der Waals surface area contributed by atoms with Crippen molar-refractivity contribution in [2.75, 3.05) is 20.2 Å². The van der Waals surface area contributed by atoms with Gasteiger partial charge < -0.3 is 4.84 Å². The molecule has 4 heteroatoms. The van der Waals surface area contributed by atoms with Crippen molar-refractivity contribution in [3.05, 3.63) is 70.5 Å². The highest BCUT2D eigenvalue weighted by Gasteiger charge is 2.25. The summed E-state index contributed by atoms with van der Waals surface area (Å²) in [6.45, 7) is 6.06. The molecule has 1 saturated carbocycles. The Bertz CT molecular complexity index is 712. The topological polar surface area (TPSA) is 12.5 Å². The fraction of sp³-hybridized carbons (Fsp3) is 0.478. The lowest BCUT2D eigenvalue weighted by atomic mass is 9.84. The molecule has 1 aliphatic carbocycles. The Morgan fingerprint density at radius 3 is 2.30 bits per heavy atom. The van der Waals surface area contributed by atoms with E-state index in [2.05, 4.69) is 37.1 Å². The molecule has 0 spiro atoms. The molecule has 148 valence electrons. The van der Waals surface area contributed by atoms with Crippen LogP contribution in [0, 0.1) is 25.6 Å². The molecule has 1 atom stereocenters. The Labute approximate surface area is 169 Å². The third-order valence-electron chi connectivity index (χ3n) is 5.74. The second-order valence-electron chi connectivity index (χ2n) is 7.62. The van der Waals surface area contributed by atoms with Crippen molar-refractivity contribution >= 4 is 12.4 Å². The maximum absolute atomic E-state index is 14.3. The van der Waals surface area contributed by atoms with Gasteiger partial charge in [-0.3, -0.25) is 0 Å². The molecule has 0 aliphatic heterocycles. The van der Waals surface area contributed by atoms with Gasteiger partial charge >= 0.3 is 0 Å². The standard InChI is InChI=1S/C23H30FNO.ClH/c1-17-8-6-9-18(2)23(17)21(14-20-12-4-5-13-22(20)24)16-25(26-3)15-19-10-7-11-19;/h4-6,8-9,12-13,19,21H,7,10-11,14-16H2,1-3H3;1H. The van der Waals surface area contributed by atoms with Crippen LogP contribution in [0.15, 0.2) is 42.5 Å². The second kappa shape index (κ2) is 10.2. The van der Waals surface area contributed by atoms with Crippen molar-refractivity contribution < 1.29 is 9.23 Å². The molecule has 0 amide bonds. The van der Waals surface area contributed by atoms with Crippen LogP contribution in [0.2, 0.25) is 0 Å². The Balaban J connectivity index is 0.00000261. The molecule has 0 heterocycles. The third-order valence-corrected chi connectivity index (χ3v) is 5.74. The number of halogens is 2. The van der Waals surface area contributed by atoms with Crippen LogP contribution in [0.5, 0.6) is 0 Å². The van der Waals surface area contributed by atoms with Gasteiger partial charge in [-0.05, 0) is 67.3 Å². The molecule has 2 aromatic rings. The zero-order chi connectivity index (χ0) is 18.5. The smallest absolute Gasteiger partial charge is 0.126 e. The number of benzene rings is 2. The summed E-state index contributed by atoms with van der Waals surface area (Å²) in [4.78, 5) is 5.70. The van der Waals surface area contributed by atoms with E-state index in [0.29, 0.717) is 6.42 Å². The average Bonchev–Trinajstić information content (AvgIpc) is 2.58. The highest BCUT2D eigenvalue weighted by atomic mass is 35.5. The summed E-state index contributed by atoms with van der Waals surface area (Å²) in [6, 6.07) is 13.5. The van der Waals surface area contributed by atoms with Gasteiger partial charge in [0.15, 0.2) is 0 Å². The number of hydrogen-bond donors (Lipinski definition) is 0. The van der Waals surface area contributed by atoms with Crippen molar-refractivity contribution in [3.8, 4) is 0 Å². The third kappa shape index (κ3) is 5.54. The monoisotopic (exact) mass is 391 g/mol. The fourth-order valence-electron chi connectivity index (χ4n) is 4.09. The molecule has 0 bridgehead atoms. The zero-order valence-electron chi connectivity index (χ0n) is 16.6. The quantitative estimate of drug-likeness (QED) is 0.523. The lowest BCUT2D eigenvalue weighted by molar-refractivity contribution is -0.147. The molecular weight excluding hydrogens is 361 g/mol. The molecule has 2 nitrogen and oxygen atoms in total. The lowest BCUT2D eigenvalue weighted by Crippen LogP contribution is -2.35. The van der Waals surface area contributed by atoms with Crippen molar-refractivity contribution in [1.82, 2.24) is 5.06 Å². The Kier molecular flexibility index (Phi) is 8.28. The van der Waals surface area contributed by atoms with Gasteiger partial charge in [0.25, 0.3) is 0 Å². The van der Waals surface area contributed by atoms with Crippen molar-refractivity contribution in [3.63, 3.8) is 0 Å². The Hall–Kier alpha value is -1.42. The van der Waals surface area contributed by atoms with E-state index < -0.39 is 0 Å². The van der Waals surface area contributed by atoms with Crippen molar-refractivity contribution in [2.45, 2.75) is 45.4 Å². The van der Waals surface area contributed by atoms with Gasteiger partial charge in [0.2, 0.25) is 0 Å². The summed E-state index contributed by atoms with van der Waals surface area (Å²) in [5.41, 5.74) is 4.64. The van der Waals surface area contributed by atoms with Crippen molar-refractivity contribution in [2.24, 2.45) is 5.92 Å². The SMILES string of the molecule is CON(CC1CCC1)CC(Cc1ccccc1F)c1c(C)cccc1C.Cl. The van der Waals surface area contributed by atoms with Crippen LogP contribution in [-0.2, 0) is 11.3 Å². The minimum Gasteiger partial charge on any atom is -0.302 e. The minimum absolute atomic E-state index is 0. The van der Waals surface area contributed by atoms with E-state index in [0.717, 1.165) is 24.6 Å². The summed E-state index contributed by atoms with van der Waals surface area (Å²) in [5, 5.41) is 2.08. The Morgan fingerprint density at radius 1 is 1.07 bits per heavy atom. The first kappa shape index (κ1) is 21.9. The van der Waals surface area contributed by atoms with Gasteiger partial charge in [-0.25, -0.2) is 4.39 Å². The number of aryl methyl sites for hydroxylation is 2. The molecule has 0 aromatic heterocycles. The Morgan fingerprint density at radius 2 is 1.74 bits per heavy atom. The predicted octanol–water partition coefficient (Wildman–Crippen LogP) is 5.85. The number of hydrogen-bond acceptors (Lipinski definition) is 2. The van der Waals surface area contributed by atoms with Crippen LogP contribution in [0.3, 0.4) is 0 Å². The molecule has 1 unspecified atom stereocenters. The summed E-state index contributed by atoms with van der Waals surface area (Å²) in [6.07, 6.45) is 4.60. The number of nitrogens with zero attached hydrogens (tertiary/aromatic N) is 1.